The Morgan fingerprint density at radius 2 is 1.68 bits per heavy atom. The zero-order chi connectivity index (χ0) is 17.9. The SMILES string of the molecule is COc1ccc(-n2nnnc2SCc2ccc(C(C)(C)C)cc2)cc1. The summed E-state index contributed by atoms with van der Waals surface area (Å²) in [5.41, 5.74) is 3.67. The number of aromatic nitrogens is 4. The molecule has 0 fully saturated rings. The van der Waals surface area contributed by atoms with Crippen LogP contribution < -0.4 is 4.74 Å². The first kappa shape index (κ1) is 17.5. The molecule has 25 heavy (non-hydrogen) atoms. The van der Waals surface area contributed by atoms with E-state index >= 15 is 0 Å². The molecule has 6 heteroatoms. The summed E-state index contributed by atoms with van der Waals surface area (Å²) in [7, 11) is 1.65. The molecule has 0 aliphatic rings. The number of rotatable bonds is 5. The maximum absolute atomic E-state index is 5.19. The second-order valence-electron chi connectivity index (χ2n) is 6.81. The van der Waals surface area contributed by atoms with Gasteiger partial charge in [0.15, 0.2) is 0 Å². The van der Waals surface area contributed by atoms with Crippen LogP contribution in [-0.4, -0.2) is 27.3 Å². The van der Waals surface area contributed by atoms with Gasteiger partial charge in [-0.15, -0.1) is 5.10 Å². The van der Waals surface area contributed by atoms with Crippen molar-refractivity contribution >= 4 is 11.8 Å². The van der Waals surface area contributed by atoms with Gasteiger partial charge >= 0.3 is 0 Å². The summed E-state index contributed by atoms with van der Waals surface area (Å²) in [5, 5.41) is 12.8. The molecular formula is C19H22N4OS. The molecule has 0 saturated carbocycles. The van der Waals surface area contributed by atoms with Gasteiger partial charge in [-0.2, -0.15) is 4.68 Å². The first-order valence-electron chi connectivity index (χ1n) is 8.12. The molecule has 0 atom stereocenters. The van der Waals surface area contributed by atoms with Crippen LogP contribution in [0.25, 0.3) is 5.69 Å². The third kappa shape index (κ3) is 4.20. The van der Waals surface area contributed by atoms with E-state index < -0.39 is 0 Å². The molecule has 0 unspecified atom stereocenters. The first-order chi connectivity index (χ1) is 12.0. The van der Waals surface area contributed by atoms with Gasteiger partial charge in [-0.3, -0.25) is 0 Å². The monoisotopic (exact) mass is 354 g/mol. The molecule has 0 bridgehead atoms. The number of ether oxygens (including phenoxy) is 1. The van der Waals surface area contributed by atoms with E-state index in [-0.39, 0.29) is 5.41 Å². The molecule has 0 aliphatic carbocycles. The Balaban J connectivity index is 1.71. The summed E-state index contributed by atoms with van der Waals surface area (Å²) in [6.45, 7) is 6.67. The summed E-state index contributed by atoms with van der Waals surface area (Å²) in [4.78, 5) is 0. The van der Waals surface area contributed by atoms with Crippen molar-refractivity contribution in [1.82, 2.24) is 20.2 Å². The highest BCUT2D eigenvalue weighted by molar-refractivity contribution is 7.98. The number of benzene rings is 2. The molecule has 2 aromatic carbocycles. The lowest BCUT2D eigenvalue weighted by Crippen LogP contribution is -2.10. The molecule has 5 nitrogen and oxygen atoms in total. The van der Waals surface area contributed by atoms with Gasteiger partial charge < -0.3 is 4.74 Å². The van der Waals surface area contributed by atoms with Crippen molar-refractivity contribution in [2.24, 2.45) is 0 Å². The lowest BCUT2D eigenvalue weighted by atomic mass is 9.87. The minimum absolute atomic E-state index is 0.171. The van der Waals surface area contributed by atoms with Crippen LogP contribution in [0.2, 0.25) is 0 Å². The molecule has 130 valence electrons. The number of thioether (sulfide) groups is 1. The van der Waals surface area contributed by atoms with Gasteiger partial charge in [0, 0.05) is 5.75 Å². The van der Waals surface area contributed by atoms with Gasteiger partial charge in [0.1, 0.15) is 5.75 Å². The van der Waals surface area contributed by atoms with Gasteiger partial charge in [-0.1, -0.05) is 56.8 Å². The Morgan fingerprint density at radius 1 is 1.00 bits per heavy atom. The van der Waals surface area contributed by atoms with E-state index in [1.807, 2.05) is 24.3 Å². The van der Waals surface area contributed by atoms with Crippen LogP contribution in [0.3, 0.4) is 0 Å². The lowest BCUT2D eigenvalue weighted by molar-refractivity contribution is 0.414. The van der Waals surface area contributed by atoms with Gasteiger partial charge in [0.05, 0.1) is 12.8 Å². The molecule has 3 rings (SSSR count). The number of methoxy groups -OCH3 is 1. The number of hydrogen-bond acceptors (Lipinski definition) is 5. The molecule has 0 N–H and O–H groups in total. The van der Waals surface area contributed by atoms with Crippen molar-refractivity contribution in [3.8, 4) is 11.4 Å². The quantitative estimate of drug-likeness (QED) is 0.641. The standard InChI is InChI=1S/C19H22N4OS/c1-19(2,3)15-7-5-14(6-8-15)13-25-18-20-21-22-23(18)16-9-11-17(24-4)12-10-16/h5-12H,13H2,1-4H3. The van der Waals surface area contributed by atoms with Crippen molar-refractivity contribution in [2.45, 2.75) is 37.1 Å². The lowest BCUT2D eigenvalue weighted by Gasteiger charge is -2.19. The first-order valence-corrected chi connectivity index (χ1v) is 9.11. The second-order valence-corrected chi connectivity index (χ2v) is 7.75. The molecule has 0 radical (unpaired) electrons. The fourth-order valence-electron chi connectivity index (χ4n) is 2.40. The molecule has 1 heterocycles. The molecule has 1 aromatic heterocycles. The summed E-state index contributed by atoms with van der Waals surface area (Å²) >= 11 is 1.62. The predicted octanol–water partition coefficient (Wildman–Crippen LogP) is 4.26. The van der Waals surface area contributed by atoms with E-state index in [1.165, 1.54) is 11.1 Å². The van der Waals surface area contributed by atoms with Crippen molar-refractivity contribution < 1.29 is 4.74 Å². The average molecular weight is 354 g/mol. The van der Waals surface area contributed by atoms with Gasteiger partial charge in [0.2, 0.25) is 5.16 Å². The summed E-state index contributed by atoms with van der Waals surface area (Å²) in [6, 6.07) is 16.4. The van der Waals surface area contributed by atoms with E-state index in [2.05, 4.69) is 60.6 Å². The molecule has 3 aromatic rings. The van der Waals surface area contributed by atoms with Crippen LogP contribution in [0.5, 0.6) is 5.75 Å². The van der Waals surface area contributed by atoms with Crippen LogP contribution in [0.1, 0.15) is 31.9 Å². The molecule has 0 aliphatic heterocycles. The van der Waals surface area contributed by atoms with Crippen molar-refractivity contribution in [1.29, 1.82) is 0 Å². The third-order valence-electron chi connectivity index (χ3n) is 3.95. The smallest absolute Gasteiger partial charge is 0.214 e. The highest BCUT2D eigenvalue weighted by atomic mass is 32.2. The Hall–Kier alpha value is -2.34. The van der Waals surface area contributed by atoms with Crippen LogP contribution in [0, 0.1) is 0 Å². The molecule has 0 saturated heterocycles. The maximum Gasteiger partial charge on any atom is 0.214 e. The van der Waals surface area contributed by atoms with E-state index in [0.717, 1.165) is 22.3 Å². The van der Waals surface area contributed by atoms with Crippen LogP contribution >= 0.6 is 11.8 Å². The van der Waals surface area contributed by atoms with Gasteiger partial charge in [-0.05, 0) is 51.2 Å². The van der Waals surface area contributed by atoms with Crippen molar-refractivity contribution in [3.63, 3.8) is 0 Å². The van der Waals surface area contributed by atoms with E-state index in [0.29, 0.717) is 0 Å². The normalized spacial score (nSPS) is 11.5. The van der Waals surface area contributed by atoms with Gasteiger partial charge in [-0.25, -0.2) is 0 Å². The molecule has 0 spiro atoms. The number of nitrogens with zero attached hydrogens (tertiary/aromatic N) is 4. The van der Waals surface area contributed by atoms with Crippen LogP contribution in [-0.2, 0) is 11.2 Å². The van der Waals surface area contributed by atoms with Crippen LogP contribution in [0.4, 0.5) is 0 Å². The molecule has 0 amide bonds. The zero-order valence-corrected chi connectivity index (χ0v) is 15.7. The summed E-state index contributed by atoms with van der Waals surface area (Å²) in [6.07, 6.45) is 0. The Kier molecular flexibility index (Phi) is 5.08. The van der Waals surface area contributed by atoms with E-state index in [4.69, 9.17) is 4.74 Å². The topological polar surface area (TPSA) is 52.8 Å². The number of hydrogen-bond donors (Lipinski definition) is 0. The Bertz CT molecular complexity index is 820. The third-order valence-corrected chi connectivity index (χ3v) is 4.94. The van der Waals surface area contributed by atoms with Gasteiger partial charge in [0.25, 0.3) is 0 Å². The highest BCUT2D eigenvalue weighted by Gasteiger charge is 2.13. The second kappa shape index (κ2) is 7.27. The fourth-order valence-corrected chi connectivity index (χ4v) is 3.25. The summed E-state index contributed by atoms with van der Waals surface area (Å²) in [5.74, 6) is 1.63. The average Bonchev–Trinajstić information content (AvgIpc) is 3.08. The fraction of sp³-hybridized carbons (Fsp3) is 0.316. The number of tetrazole rings is 1. The highest BCUT2D eigenvalue weighted by Crippen LogP contribution is 2.26. The zero-order valence-electron chi connectivity index (χ0n) is 14.9. The van der Waals surface area contributed by atoms with Crippen LogP contribution in [0.15, 0.2) is 53.7 Å². The maximum atomic E-state index is 5.19. The summed E-state index contributed by atoms with van der Waals surface area (Å²) < 4.78 is 6.93. The Morgan fingerprint density at radius 3 is 2.28 bits per heavy atom. The van der Waals surface area contributed by atoms with E-state index in [9.17, 15) is 0 Å². The minimum Gasteiger partial charge on any atom is -0.497 e. The predicted molar refractivity (Wildman–Crippen MR) is 100 cm³/mol. The Labute approximate surface area is 152 Å². The van der Waals surface area contributed by atoms with Crippen molar-refractivity contribution in [3.05, 3.63) is 59.7 Å². The largest absolute Gasteiger partial charge is 0.497 e. The van der Waals surface area contributed by atoms with E-state index in [1.54, 1.807) is 23.6 Å². The molecular weight excluding hydrogens is 332 g/mol. The van der Waals surface area contributed by atoms with Crippen molar-refractivity contribution in [2.75, 3.05) is 7.11 Å². The minimum atomic E-state index is 0.171.